The number of benzene rings is 1. The normalized spacial score (nSPS) is 10.8. The van der Waals surface area contributed by atoms with Crippen molar-refractivity contribution >= 4 is 16.9 Å². The van der Waals surface area contributed by atoms with Crippen LogP contribution in [0.25, 0.3) is 22.0 Å². The van der Waals surface area contributed by atoms with Gasteiger partial charge in [-0.1, -0.05) is 6.07 Å². The van der Waals surface area contributed by atoms with E-state index < -0.39 is 5.97 Å². The molecule has 0 bridgehead atoms. The standard InChI is InChI=1S/C19H18N2O4/c1-2-25-19(24)16-12-21(9-10-22)17-11-14(3-4-15(17)18(16)23)13-5-7-20-8-6-13/h3-8,11-12,22H,2,9-10H2,1H3. The third-order valence-electron chi connectivity index (χ3n) is 3.93. The van der Waals surface area contributed by atoms with Gasteiger partial charge in [-0.3, -0.25) is 9.78 Å². The molecule has 0 radical (unpaired) electrons. The summed E-state index contributed by atoms with van der Waals surface area (Å²) in [6, 6.07) is 9.16. The molecule has 0 saturated heterocycles. The second kappa shape index (κ2) is 7.27. The Kier molecular flexibility index (Phi) is 4.90. The van der Waals surface area contributed by atoms with Crippen molar-refractivity contribution in [1.29, 1.82) is 0 Å². The molecule has 0 atom stereocenters. The lowest BCUT2D eigenvalue weighted by atomic mass is 10.0. The summed E-state index contributed by atoms with van der Waals surface area (Å²) in [5, 5.41) is 9.76. The third-order valence-corrected chi connectivity index (χ3v) is 3.93. The molecular formula is C19H18N2O4. The maximum absolute atomic E-state index is 12.7. The average molecular weight is 338 g/mol. The minimum absolute atomic E-state index is 0.0283. The molecule has 0 aliphatic rings. The van der Waals surface area contributed by atoms with Gasteiger partial charge in [-0.2, -0.15) is 0 Å². The minimum Gasteiger partial charge on any atom is -0.462 e. The van der Waals surface area contributed by atoms with Gasteiger partial charge in [0, 0.05) is 30.5 Å². The highest BCUT2D eigenvalue weighted by atomic mass is 16.5. The van der Waals surface area contributed by atoms with Crippen LogP contribution < -0.4 is 5.43 Å². The molecular weight excluding hydrogens is 320 g/mol. The van der Waals surface area contributed by atoms with Gasteiger partial charge in [-0.05, 0) is 42.3 Å². The molecule has 1 aromatic carbocycles. The van der Waals surface area contributed by atoms with Gasteiger partial charge in [-0.15, -0.1) is 0 Å². The Morgan fingerprint density at radius 1 is 1.20 bits per heavy atom. The summed E-state index contributed by atoms with van der Waals surface area (Å²) in [4.78, 5) is 28.7. The highest BCUT2D eigenvalue weighted by Crippen LogP contribution is 2.23. The molecule has 0 aliphatic carbocycles. The zero-order valence-corrected chi connectivity index (χ0v) is 13.8. The van der Waals surface area contributed by atoms with Crippen LogP contribution in [0, 0.1) is 0 Å². The molecule has 3 aromatic rings. The van der Waals surface area contributed by atoms with Gasteiger partial charge < -0.3 is 14.4 Å². The second-order valence-electron chi connectivity index (χ2n) is 5.48. The fraction of sp³-hybridized carbons (Fsp3) is 0.211. The number of rotatable bonds is 5. The van der Waals surface area contributed by atoms with Gasteiger partial charge in [0.1, 0.15) is 5.56 Å². The Labute approximate surface area is 144 Å². The number of aromatic nitrogens is 2. The maximum atomic E-state index is 12.7. The molecule has 0 unspecified atom stereocenters. The molecule has 0 fully saturated rings. The van der Waals surface area contributed by atoms with E-state index in [1.165, 1.54) is 6.20 Å². The molecule has 6 heteroatoms. The molecule has 1 N–H and O–H groups in total. The summed E-state index contributed by atoms with van der Waals surface area (Å²) < 4.78 is 6.66. The zero-order chi connectivity index (χ0) is 17.8. The van der Waals surface area contributed by atoms with Crippen molar-refractivity contribution in [1.82, 2.24) is 9.55 Å². The van der Waals surface area contributed by atoms with Crippen LogP contribution in [0.3, 0.4) is 0 Å². The Hall–Kier alpha value is -2.99. The van der Waals surface area contributed by atoms with Gasteiger partial charge in [0.15, 0.2) is 0 Å². The van der Waals surface area contributed by atoms with E-state index in [1.54, 1.807) is 30.0 Å². The smallest absolute Gasteiger partial charge is 0.343 e. The van der Waals surface area contributed by atoms with Gasteiger partial charge in [0.2, 0.25) is 5.43 Å². The average Bonchev–Trinajstić information content (AvgIpc) is 2.64. The van der Waals surface area contributed by atoms with Crippen LogP contribution in [0.4, 0.5) is 0 Å². The fourth-order valence-corrected chi connectivity index (χ4v) is 2.76. The summed E-state index contributed by atoms with van der Waals surface area (Å²) in [7, 11) is 0. The number of carbonyl (C=O) groups excluding carboxylic acids is 1. The van der Waals surface area contributed by atoms with Crippen molar-refractivity contribution in [3.63, 3.8) is 0 Å². The largest absolute Gasteiger partial charge is 0.462 e. The highest BCUT2D eigenvalue weighted by molar-refractivity contribution is 5.94. The predicted molar refractivity (Wildman–Crippen MR) is 94.5 cm³/mol. The molecule has 0 saturated carbocycles. The first-order valence-corrected chi connectivity index (χ1v) is 8.01. The summed E-state index contributed by atoms with van der Waals surface area (Å²) in [6.07, 6.45) is 4.85. The van der Waals surface area contributed by atoms with Crippen molar-refractivity contribution in [2.24, 2.45) is 0 Å². The monoisotopic (exact) mass is 338 g/mol. The number of hydrogen-bond acceptors (Lipinski definition) is 5. The van der Waals surface area contributed by atoms with Crippen molar-refractivity contribution in [2.45, 2.75) is 13.5 Å². The number of carbonyl (C=O) groups is 1. The summed E-state index contributed by atoms with van der Waals surface area (Å²) >= 11 is 0. The summed E-state index contributed by atoms with van der Waals surface area (Å²) in [5.41, 5.74) is 2.14. The lowest BCUT2D eigenvalue weighted by Crippen LogP contribution is -2.21. The molecule has 3 rings (SSSR count). The van der Waals surface area contributed by atoms with Crippen LogP contribution in [0.15, 0.2) is 53.7 Å². The first-order chi connectivity index (χ1) is 12.2. The van der Waals surface area contributed by atoms with Crippen molar-refractivity contribution in [2.75, 3.05) is 13.2 Å². The fourth-order valence-electron chi connectivity index (χ4n) is 2.76. The number of esters is 1. The molecule has 6 nitrogen and oxygen atoms in total. The van der Waals surface area contributed by atoms with Crippen molar-refractivity contribution in [3.8, 4) is 11.1 Å². The van der Waals surface area contributed by atoms with E-state index in [-0.39, 0.29) is 30.8 Å². The number of ether oxygens (including phenoxy) is 1. The minimum atomic E-state index is -0.653. The van der Waals surface area contributed by atoms with E-state index in [9.17, 15) is 14.7 Å². The van der Waals surface area contributed by atoms with E-state index in [2.05, 4.69) is 4.98 Å². The van der Waals surface area contributed by atoms with Crippen LogP contribution in [-0.4, -0.2) is 33.8 Å². The Balaban J connectivity index is 2.22. The number of pyridine rings is 2. The van der Waals surface area contributed by atoms with Crippen molar-refractivity contribution < 1.29 is 14.6 Å². The highest BCUT2D eigenvalue weighted by Gasteiger charge is 2.16. The first-order valence-electron chi connectivity index (χ1n) is 8.01. The van der Waals surface area contributed by atoms with Crippen LogP contribution in [-0.2, 0) is 11.3 Å². The molecule has 0 amide bonds. The SMILES string of the molecule is CCOC(=O)c1cn(CCO)c2cc(-c3ccncc3)ccc2c1=O. The van der Waals surface area contributed by atoms with E-state index in [0.717, 1.165) is 11.1 Å². The van der Waals surface area contributed by atoms with Gasteiger partial charge in [-0.25, -0.2) is 4.79 Å². The number of fused-ring (bicyclic) bond motifs is 1. The Morgan fingerprint density at radius 3 is 2.64 bits per heavy atom. The first kappa shape index (κ1) is 16.9. The predicted octanol–water partition coefficient (Wildman–Crippen LogP) is 2.23. The van der Waals surface area contributed by atoms with Gasteiger partial charge >= 0.3 is 5.97 Å². The lowest BCUT2D eigenvalue weighted by molar-refractivity contribution is 0.0524. The molecule has 2 heterocycles. The number of aliphatic hydroxyl groups is 1. The molecule has 128 valence electrons. The van der Waals surface area contributed by atoms with E-state index >= 15 is 0 Å². The van der Waals surface area contributed by atoms with Crippen LogP contribution >= 0.6 is 0 Å². The summed E-state index contributed by atoms with van der Waals surface area (Å²) in [5.74, 6) is -0.653. The van der Waals surface area contributed by atoms with Crippen LogP contribution in [0.2, 0.25) is 0 Å². The topological polar surface area (TPSA) is 81.4 Å². The van der Waals surface area contributed by atoms with E-state index in [0.29, 0.717) is 10.9 Å². The molecule has 0 aliphatic heterocycles. The quantitative estimate of drug-likeness (QED) is 0.722. The Morgan fingerprint density at radius 2 is 1.96 bits per heavy atom. The number of hydrogen-bond donors (Lipinski definition) is 1. The van der Waals surface area contributed by atoms with Crippen LogP contribution in [0.1, 0.15) is 17.3 Å². The van der Waals surface area contributed by atoms with E-state index in [1.807, 2.05) is 24.3 Å². The lowest BCUT2D eigenvalue weighted by Gasteiger charge is -2.13. The van der Waals surface area contributed by atoms with E-state index in [4.69, 9.17) is 4.74 Å². The molecule has 0 spiro atoms. The number of nitrogens with zero attached hydrogens (tertiary/aromatic N) is 2. The van der Waals surface area contributed by atoms with Crippen LogP contribution in [0.5, 0.6) is 0 Å². The summed E-state index contributed by atoms with van der Waals surface area (Å²) in [6.45, 7) is 2.03. The molecule has 2 aromatic heterocycles. The van der Waals surface area contributed by atoms with Crippen molar-refractivity contribution in [3.05, 3.63) is 64.7 Å². The Bertz CT molecular complexity index is 964. The van der Waals surface area contributed by atoms with Gasteiger partial charge in [0.25, 0.3) is 0 Å². The van der Waals surface area contributed by atoms with Gasteiger partial charge in [0.05, 0.1) is 18.7 Å². The second-order valence-corrected chi connectivity index (χ2v) is 5.48. The maximum Gasteiger partial charge on any atom is 0.343 e. The number of aliphatic hydroxyl groups excluding tert-OH is 1. The molecule has 25 heavy (non-hydrogen) atoms. The zero-order valence-electron chi connectivity index (χ0n) is 13.8. The third kappa shape index (κ3) is 3.29.